The maximum atomic E-state index is 12.0. The molecule has 0 aliphatic carbocycles. The van der Waals surface area contributed by atoms with Gasteiger partial charge in [-0.3, -0.25) is 0 Å². The average molecular weight is 386 g/mol. The second kappa shape index (κ2) is 7.98. The Hall–Kier alpha value is -0.820. The van der Waals surface area contributed by atoms with Crippen LogP contribution in [-0.2, 0) is 15.8 Å². The van der Waals surface area contributed by atoms with Gasteiger partial charge in [0.1, 0.15) is 0 Å². The van der Waals surface area contributed by atoms with E-state index in [2.05, 4.69) is 26.7 Å². The number of thioether (sulfide) groups is 1. The summed E-state index contributed by atoms with van der Waals surface area (Å²) in [6.45, 7) is 0.423. The minimum absolute atomic E-state index is 0.306. The van der Waals surface area contributed by atoms with Gasteiger partial charge in [0.25, 0.3) is 0 Å². The lowest BCUT2D eigenvalue weighted by atomic mass is 10.2. The van der Waals surface area contributed by atoms with E-state index in [0.717, 1.165) is 16.0 Å². The van der Waals surface area contributed by atoms with Crippen molar-refractivity contribution < 1.29 is 8.42 Å². The quantitative estimate of drug-likeness (QED) is 0.739. The van der Waals surface area contributed by atoms with Crippen molar-refractivity contribution in [3.8, 4) is 0 Å². The fraction of sp³-hybridized carbons (Fsp3) is 0.200. The lowest BCUT2D eigenvalue weighted by molar-refractivity contribution is 0.584. The second-order valence-electron chi connectivity index (χ2n) is 4.35. The Bertz CT molecular complexity index is 675. The molecule has 1 N–H and O–H groups in total. The minimum Gasteiger partial charge on any atom is -0.210 e. The summed E-state index contributed by atoms with van der Waals surface area (Å²) in [5, 5.41) is 0. The van der Waals surface area contributed by atoms with Crippen molar-refractivity contribution >= 4 is 37.7 Å². The third kappa shape index (κ3) is 5.14. The van der Waals surface area contributed by atoms with Crippen LogP contribution in [0.25, 0.3) is 0 Å². The molecule has 0 fully saturated rings. The Morgan fingerprint density at radius 2 is 1.67 bits per heavy atom. The Kier molecular flexibility index (Phi) is 6.29. The van der Waals surface area contributed by atoms with Crippen LogP contribution >= 0.6 is 27.7 Å². The standard InChI is InChI=1S/C15H16BrNO2S2/c16-15-9-5-4-6-13(15)12-20-11-10-17-21(18,19)14-7-2-1-3-8-14/h1-9,17H,10-12H2. The van der Waals surface area contributed by atoms with Crippen molar-refractivity contribution in [2.75, 3.05) is 12.3 Å². The van der Waals surface area contributed by atoms with E-state index in [1.54, 1.807) is 42.1 Å². The van der Waals surface area contributed by atoms with Crippen LogP contribution < -0.4 is 4.72 Å². The maximum absolute atomic E-state index is 12.0. The highest BCUT2D eigenvalue weighted by Gasteiger charge is 2.11. The predicted octanol–water partition coefficient (Wildman–Crippen LogP) is 3.66. The van der Waals surface area contributed by atoms with Crippen molar-refractivity contribution in [1.82, 2.24) is 4.72 Å². The van der Waals surface area contributed by atoms with E-state index < -0.39 is 10.0 Å². The molecule has 0 bridgehead atoms. The van der Waals surface area contributed by atoms with Crippen LogP contribution in [-0.4, -0.2) is 20.7 Å². The molecule has 3 nitrogen and oxygen atoms in total. The van der Waals surface area contributed by atoms with E-state index in [9.17, 15) is 8.42 Å². The van der Waals surface area contributed by atoms with Gasteiger partial charge in [-0.25, -0.2) is 13.1 Å². The molecule has 2 aromatic rings. The molecule has 2 aromatic carbocycles. The highest BCUT2D eigenvalue weighted by molar-refractivity contribution is 9.10. The number of halogens is 1. The zero-order chi connectivity index (χ0) is 15.1. The monoisotopic (exact) mass is 385 g/mol. The van der Waals surface area contributed by atoms with Gasteiger partial charge in [-0.2, -0.15) is 11.8 Å². The Labute approximate surface area is 138 Å². The smallest absolute Gasteiger partial charge is 0.210 e. The summed E-state index contributed by atoms with van der Waals surface area (Å²) in [6.07, 6.45) is 0. The first-order valence-corrected chi connectivity index (χ1v) is 9.88. The molecule has 0 aromatic heterocycles. The highest BCUT2D eigenvalue weighted by atomic mass is 79.9. The Morgan fingerprint density at radius 3 is 2.38 bits per heavy atom. The zero-order valence-corrected chi connectivity index (χ0v) is 14.5. The van der Waals surface area contributed by atoms with E-state index >= 15 is 0 Å². The molecular formula is C15H16BrNO2S2. The topological polar surface area (TPSA) is 46.2 Å². The van der Waals surface area contributed by atoms with Crippen LogP contribution in [0.1, 0.15) is 5.56 Å². The summed E-state index contributed by atoms with van der Waals surface area (Å²) in [5.41, 5.74) is 1.22. The van der Waals surface area contributed by atoms with E-state index in [1.807, 2.05) is 18.2 Å². The first-order chi connectivity index (χ1) is 10.1. The lowest BCUT2D eigenvalue weighted by Gasteiger charge is -2.07. The summed E-state index contributed by atoms with van der Waals surface area (Å²) in [6, 6.07) is 16.5. The van der Waals surface area contributed by atoms with Gasteiger partial charge < -0.3 is 0 Å². The fourth-order valence-corrected chi connectivity index (χ4v) is 4.38. The van der Waals surface area contributed by atoms with Crippen LogP contribution in [0.5, 0.6) is 0 Å². The van der Waals surface area contributed by atoms with E-state index in [1.165, 1.54) is 5.56 Å². The molecule has 6 heteroatoms. The molecule has 21 heavy (non-hydrogen) atoms. The van der Waals surface area contributed by atoms with Gasteiger partial charge in [-0.05, 0) is 23.8 Å². The summed E-state index contributed by atoms with van der Waals surface area (Å²) in [5.74, 6) is 1.59. The van der Waals surface area contributed by atoms with Gasteiger partial charge in [-0.1, -0.05) is 52.3 Å². The SMILES string of the molecule is O=S(=O)(NCCSCc1ccccc1Br)c1ccccc1. The first kappa shape index (κ1) is 16.5. The number of hydrogen-bond acceptors (Lipinski definition) is 3. The second-order valence-corrected chi connectivity index (χ2v) is 8.08. The van der Waals surface area contributed by atoms with Crippen molar-refractivity contribution in [2.45, 2.75) is 10.6 Å². The van der Waals surface area contributed by atoms with Crippen molar-refractivity contribution in [1.29, 1.82) is 0 Å². The third-order valence-electron chi connectivity index (χ3n) is 2.81. The molecular weight excluding hydrogens is 370 g/mol. The van der Waals surface area contributed by atoms with Crippen LogP contribution in [0.2, 0.25) is 0 Å². The van der Waals surface area contributed by atoms with E-state index in [-0.39, 0.29) is 0 Å². The van der Waals surface area contributed by atoms with Crippen LogP contribution in [0, 0.1) is 0 Å². The maximum Gasteiger partial charge on any atom is 0.240 e. The third-order valence-corrected chi connectivity index (χ3v) is 6.07. The number of nitrogens with one attached hydrogen (secondary N) is 1. The van der Waals surface area contributed by atoms with Crippen LogP contribution in [0.15, 0.2) is 64.0 Å². The minimum atomic E-state index is -3.39. The molecule has 0 unspecified atom stereocenters. The molecule has 0 aliphatic rings. The molecule has 0 saturated heterocycles. The molecule has 0 saturated carbocycles. The van der Waals surface area contributed by atoms with Crippen molar-refractivity contribution in [3.05, 3.63) is 64.6 Å². The van der Waals surface area contributed by atoms with Gasteiger partial charge in [0.15, 0.2) is 0 Å². The van der Waals surface area contributed by atoms with E-state index in [0.29, 0.717) is 11.4 Å². The fourth-order valence-electron chi connectivity index (χ4n) is 1.73. The van der Waals surface area contributed by atoms with Crippen molar-refractivity contribution in [2.24, 2.45) is 0 Å². The van der Waals surface area contributed by atoms with Gasteiger partial charge in [0.05, 0.1) is 4.90 Å². The summed E-state index contributed by atoms with van der Waals surface area (Å²) >= 11 is 5.20. The molecule has 0 amide bonds. The molecule has 0 spiro atoms. The molecule has 0 atom stereocenters. The van der Waals surface area contributed by atoms with Crippen LogP contribution in [0.3, 0.4) is 0 Å². The summed E-state index contributed by atoms with van der Waals surface area (Å²) in [4.78, 5) is 0.306. The predicted molar refractivity (Wildman–Crippen MR) is 91.9 cm³/mol. The number of hydrogen-bond donors (Lipinski definition) is 1. The average Bonchev–Trinajstić information content (AvgIpc) is 2.49. The molecule has 112 valence electrons. The summed E-state index contributed by atoms with van der Waals surface area (Å²) < 4.78 is 27.7. The van der Waals surface area contributed by atoms with Crippen LogP contribution in [0.4, 0.5) is 0 Å². The van der Waals surface area contributed by atoms with Gasteiger partial charge in [-0.15, -0.1) is 0 Å². The van der Waals surface area contributed by atoms with Gasteiger partial charge in [0, 0.05) is 22.5 Å². The number of benzene rings is 2. The largest absolute Gasteiger partial charge is 0.240 e. The number of sulfonamides is 1. The Morgan fingerprint density at radius 1 is 1.00 bits per heavy atom. The lowest BCUT2D eigenvalue weighted by Crippen LogP contribution is -2.26. The molecule has 0 radical (unpaired) electrons. The molecule has 2 rings (SSSR count). The normalized spacial score (nSPS) is 11.5. The Balaban J connectivity index is 1.77. The van der Waals surface area contributed by atoms with Gasteiger partial charge in [0.2, 0.25) is 10.0 Å². The zero-order valence-electron chi connectivity index (χ0n) is 11.3. The number of rotatable bonds is 7. The highest BCUT2D eigenvalue weighted by Crippen LogP contribution is 2.21. The summed E-state index contributed by atoms with van der Waals surface area (Å²) in [7, 11) is -3.39. The van der Waals surface area contributed by atoms with Crippen molar-refractivity contribution in [3.63, 3.8) is 0 Å². The molecule has 0 heterocycles. The molecule has 0 aliphatic heterocycles. The van der Waals surface area contributed by atoms with Gasteiger partial charge >= 0.3 is 0 Å². The first-order valence-electron chi connectivity index (χ1n) is 6.45. The van der Waals surface area contributed by atoms with E-state index in [4.69, 9.17) is 0 Å².